The molecule has 1 atom stereocenters. The monoisotopic (exact) mass is 437 g/mol. The van der Waals surface area contributed by atoms with Crippen molar-refractivity contribution in [2.45, 2.75) is 18.9 Å². The van der Waals surface area contributed by atoms with Crippen LogP contribution in [0.5, 0.6) is 0 Å². The number of hydrogen-bond acceptors (Lipinski definition) is 6. The smallest absolute Gasteiger partial charge is 0.414 e. The number of amides is 3. The molecule has 3 heterocycles. The minimum absolute atomic E-state index is 0.0391. The number of carbonyl (C=O) groups excluding carboxylic acids is 3. The molecule has 8 nitrogen and oxygen atoms in total. The molecule has 0 aromatic carbocycles. The fourth-order valence-electron chi connectivity index (χ4n) is 3.48. The van der Waals surface area contributed by atoms with Gasteiger partial charge in [-0.15, -0.1) is 11.3 Å². The van der Waals surface area contributed by atoms with Crippen molar-refractivity contribution >= 4 is 40.8 Å². The molecule has 0 saturated carbocycles. The molecule has 3 aliphatic rings. The van der Waals surface area contributed by atoms with Crippen molar-refractivity contribution in [2.75, 3.05) is 32.8 Å². The van der Waals surface area contributed by atoms with Gasteiger partial charge in [-0.2, -0.15) is 0 Å². The van der Waals surface area contributed by atoms with Crippen LogP contribution >= 0.6 is 22.9 Å². The average molecular weight is 438 g/mol. The molecule has 1 aliphatic carbocycles. The number of morpholine rings is 1. The zero-order valence-corrected chi connectivity index (χ0v) is 17.1. The fraction of sp³-hybridized carbons (Fsp3) is 0.421. The van der Waals surface area contributed by atoms with Gasteiger partial charge < -0.3 is 19.7 Å². The second-order valence-corrected chi connectivity index (χ2v) is 8.56. The molecular weight excluding hydrogens is 418 g/mol. The Kier molecular flexibility index (Phi) is 5.89. The summed E-state index contributed by atoms with van der Waals surface area (Å²) in [6.07, 6.45) is 4.20. The van der Waals surface area contributed by atoms with Crippen molar-refractivity contribution in [3.63, 3.8) is 0 Å². The Balaban J connectivity index is 1.33. The van der Waals surface area contributed by atoms with Crippen molar-refractivity contribution in [1.82, 2.24) is 15.1 Å². The summed E-state index contributed by atoms with van der Waals surface area (Å²) in [5.41, 5.74) is 1.78. The Morgan fingerprint density at radius 2 is 1.97 bits per heavy atom. The van der Waals surface area contributed by atoms with E-state index >= 15 is 0 Å². The van der Waals surface area contributed by atoms with Gasteiger partial charge in [-0.3, -0.25) is 14.5 Å². The molecular formula is C19H20ClN3O5S. The molecule has 2 saturated heterocycles. The summed E-state index contributed by atoms with van der Waals surface area (Å²) in [7, 11) is 0. The van der Waals surface area contributed by atoms with Crippen molar-refractivity contribution in [1.29, 1.82) is 0 Å². The molecule has 3 amide bonds. The van der Waals surface area contributed by atoms with E-state index in [-0.39, 0.29) is 25.0 Å². The molecule has 0 spiro atoms. The van der Waals surface area contributed by atoms with Crippen LogP contribution in [0.25, 0.3) is 0 Å². The van der Waals surface area contributed by atoms with E-state index < -0.39 is 12.2 Å². The lowest BCUT2D eigenvalue weighted by Crippen LogP contribution is -2.41. The SMILES string of the molecule is O=C(NCC1CN(C2=CC=C(N3CCOCC3=O)CC2)C(=O)O1)c1ccc(Cl)s1. The lowest BCUT2D eigenvalue weighted by molar-refractivity contribution is -0.140. The fourth-order valence-corrected chi connectivity index (χ4v) is 4.44. The lowest BCUT2D eigenvalue weighted by atomic mass is 10.1. The summed E-state index contributed by atoms with van der Waals surface area (Å²) >= 11 is 7.05. The summed E-state index contributed by atoms with van der Waals surface area (Å²) < 4.78 is 11.1. The summed E-state index contributed by atoms with van der Waals surface area (Å²) in [5.74, 6) is -0.279. The Morgan fingerprint density at radius 3 is 2.62 bits per heavy atom. The van der Waals surface area contributed by atoms with Crippen LogP contribution in [0.15, 0.2) is 35.7 Å². The van der Waals surface area contributed by atoms with E-state index in [0.717, 1.165) is 11.4 Å². The number of thiophene rings is 1. The largest absolute Gasteiger partial charge is 0.442 e. The highest BCUT2D eigenvalue weighted by Crippen LogP contribution is 2.28. The predicted molar refractivity (Wildman–Crippen MR) is 107 cm³/mol. The molecule has 1 N–H and O–H groups in total. The zero-order valence-electron chi connectivity index (χ0n) is 15.6. The summed E-state index contributed by atoms with van der Waals surface area (Å²) in [6.45, 7) is 1.79. The van der Waals surface area contributed by atoms with Gasteiger partial charge in [0.25, 0.3) is 11.8 Å². The number of ether oxygens (including phenoxy) is 2. The van der Waals surface area contributed by atoms with E-state index in [1.807, 2.05) is 12.2 Å². The Bertz CT molecular complexity index is 896. The van der Waals surface area contributed by atoms with Gasteiger partial charge in [0.05, 0.1) is 28.9 Å². The minimum Gasteiger partial charge on any atom is -0.442 e. The van der Waals surface area contributed by atoms with Crippen LogP contribution < -0.4 is 5.32 Å². The first-order valence-electron chi connectivity index (χ1n) is 9.31. The summed E-state index contributed by atoms with van der Waals surface area (Å²) in [5, 5.41) is 2.77. The van der Waals surface area contributed by atoms with E-state index in [4.69, 9.17) is 21.1 Å². The Hall–Kier alpha value is -2.36. The number of nitrogens with one attached hydrogen (secondary N) is 1. The van der Waals surface area contributed by atoms with Gasteiger partial charge in [-0.05, 0) is 37.1 Å². The van der Waals surface area contributed by atoms with Crippen molar-refractivity contribution in [3.8, 4) is 0 Å². The minimum atomic E-state index is -0.422. The predicted octanol–water partition coefficient (Wildman–Crippen LogP) is 2.37. The first-order chi connectivity index (χ1) is 14.0. The quantitative estimate of drug-likeness (QED) is 0.764. The molecule has 2 aliphatic heterocycles. The second-order valence-electron chi connectivity index (χ2n) is 6.84. The van der Waals surface area contributed by atoms with E-state index in [9.17, 15) is 14.4 Å². The lowest BCUT2D eigenvalue weighted by Gasteiger charge is -2.31. The van der Waals surface area contributed by atoms with Gasteiger partial charge in [0.15, 0.2) is 0 Å². The van der Waals surface area contributed by atoms with Gasteiger partial charge in [0.1, 0.15) is 12.7 Å². The molecule has 154 valence electrons. The molecule has 0 bridgehead atoms. The highest BCUT2D eigenvalue weighted by Gasteiger charge is 2.34. The molecule has 0 radical (unpaired) electrons. The van der Waals surface area contributed by atoms with Crippen LogP contribution in [0.1, 0.15) is 22.5 Å². The van der Waals surface area contributed by atoms with Crippen LogP contribution in [0.4, 0.5) is 4.79 Å². The van der Waals surface area contributed by atoms with E-state index in [1.165, 1.54) is 11.3 Å². The number of rotatable bonds is 5. The first-order valence-corrected chi connectivity index (χ1v) is 10.5. The molecule has 29 heavy (non-hydrogen) atoms. The van der Waals surface area contributed by atoms with Gasteiger partial charge in [0, 0.05) is 17.9 Å². The molecule has 1 unspecified atom stereocenters. The number of halogens is 1. The van der Waals surface area contributed by atoms with E-state index in [0.29, 0.717) is 41.8 Å². The van der Waals surface area contributed by atoms with Crippen molar-refractivity contribution in [3.05, 3.63) is 44.9 Å². The number of allylic oxidation sites excluding steroid dienone is 4. The zero-order chi connectivity index (χ0) is 20.4. The molecule has 1 aromatic rings. The van der Waals surface area contributed by atoms with E-state index in [2.05, 4.69) is 5.32 Å². The number of carbonyl (C=O) groups is 3. The van der Waals surface area contributed by atoms with Crippen molar-refractivity contribution < 1.29 is 23.9 Å². The van der Waals surface area contributed by atoms with Crippen LogP contribution in [-0.2, 0) is 14.3 Å². The van der Waals surface area contributed by atoms with Gasteiger partial charge >= 0.3 is 6.09 Å². The molecule has 1 aromatic heterocycles. The van der Waals surface area contributed by atoms with Gasteiger partial charge in [-0.25, -0.2) is 4.79 Å². The highest BCUT2D eigenvalue weighted by atomic mass is 35.5. The normalized spacial score (nSPS) is 22.3. The number of nitrogens with zero attached hydrogens (tertiary/aromatic N) is 2. The topological polar surface area (TPSA) is 88.2 Å². The third-order valence-electron chi connectivity index (χ3n) is 4.95. The maximum absolute atomic E-state index is 12.3. The maximum Gasteiger partial charge on any atom is 0.414 e. The molecule has 2 fully saturated rings. The summed E-state index contributed by atoms with van der Waals surface area (Å²) in [6, 6.07) is 3.32. The van der Waals surface area contributed by atoms with Crippen molar-refractivity contribution in [2.24, 2.45) is 0 Å². The third kappa shape index (κ3) is 4.47. The van der Waals surface area contributed by atoms with E-state index in [1.54, 1.807) is 21.9 Å². The summed E-state index contributed by atoms with van der Waals surface area (Å²) in [4.78, 5) is 40.2. The Morgan fingerprint density at radius 1 is 1.21 bits per heavy atom. The Labute approximate surface area is 176 Å². The van der Waals surface area contributed by atoms with Crippen LogP contribution in [-0.4, -0.2) is 66.7 Å². The van der Waals surface area contributed by atoms with Gasteiger partial charge in [-0.1, -0.05) is 11.6 Å². The molecule has 10 heteroatoms. The first kappa shape index (κ1) is 19.9. The van der Waals surface area contributed by atoms with Crippen LogP contribution in [0.3, 0.4) is 0 Å². The second kappa shape index (κ2) is 8.56. The average Bonchev–Trinajstić information content (AvgIpc) is 3.32. The maximum atomic E-state index is 12.3. The van der Waals surface area contributed by atoms with Gasteiger partial charge in [0.2, 0.25) is 0 Å². The number of hydrogen-bond donors (Lipinski definition) is 1. The molecule has 4 rings (SSSR count). The number of cyclic esters (lactones) is 1. The standard InChI is InChI=1S/C19H20ClN3O5S/c20-16-6-5-15(29-16)18(25)21-9-14-10-23(19(26)28-14)13-3-1-12(2-4-13)22-7-8-27-11-17(22)24/h1,3,5-6,14H,2,4,7-11H2,(H,21,25). The highest BCUT2D eigenvalue weighted by molar-refractivity contribution is 7.17. The van der Waals surface area contributed by atoms with Crippen LogP contribution in [0.2, 0.25) is 4.34 Å². The van der Waals surface area contributed by atoms with Crippen LogP contribution in [0, 0.1) is 0 Å². The third-order valence-corrected chi connectivity index (χ3v) is 6.18.